The molecule has 0 aliphatic rings. The maximum atomic E-state index is 5.89. The average Bonchev–Trinajstić information content (AvgIpc) is 3.04. The third-order valence-corrected chi connectivity index (χ3v) is 3.07. The van der Waals surface area contributed by atoms with Crippen LogP contribution in [-0.2, 0) is 0 Å². The highest BCUT2D eigenvalue weighted by molar-refractivity contribution is 6.30. The number of rotatable bonds is 4. The van der Waals surface area contributed by atoms with Crippen LogP contribution in [0.5, 0.6) is 5.75 Å². The van der Waals surface area contributed by atoms with Crippen LogP contribution in [-0.4, -0.2) is 5.16 Å². The molecule has 3 rings (SSSR count). The molecular weight excluding hydrogens is 286 g/mol. The van der Waals surface area contributed by atoms with E-state index in [-0.39, 0.29) is 0 Å². The van der Waals surface area contributed by atoms with Crippen molar-refractivity contribution in [1.29, 1.82) is 0 Å². The summed E-state index contributed by atoms with van der Waals surface area (Å²) in [5.41, 5.74) is 1.01. The topological polar surface area (TPSA) is 35.3 Å². The molecule has 3 aromatic rings. The first-order valence-corrected chi connectivity index (χ1v) is 6.80. The van der Waals surface area contributed by atoms with E-state index in [9.17, 15) is 0 Å². The van der Waals surface area contributed by atoms with Gasteiger partial charge in [0, 0.05) is 11.1 Å². The van der Waals surface area contributed by atoms with Crippen LogP contribution in [0.3, 0.4) is 0 Å². The maximum absolute atomic E-state index is 5.89. The maximum Gasteiger partial charge on any atom is 0.202 e. The highest BCUT2D eigenvalue weighted by Crippen LogP contribution is 2.24. The van der Waals surface area contributed by atoms with Crippen LogP contribution in [0.15, 0.2) is 71.4 Å². The highest BCUT2D eigenvalue weighted by atomic mass is 35.5. The van der Waals surface area contributed by atoms with Crippen LogP contribution in [0.2, 0.25) is 5.02 Å². The van der Waals surface area contributed by atoms with E-state index in [1.54, 1.807) is 36.5 Å². The lowest BCUT2D eigenvalue weighted by Gasteiger charge is -2.07. The summed E-state index contributed by atoms with van der Waals surface area (Å²) in [7, 11) is 0. The fourth-order valence-corrected chi connectivity index (χ4v) is 1.95. The molecule has 1 heterocycles. The van der Waals surface area contributed by atoms with E-state index >= 15 is 0 Å². The van der Waals surface area contributed by atoms with Crippen molar-refractivity contribution in [2.24, 2.45) is 0 Å². The Kier molecular flexibility index (Phi) is 4.03. The Balaban J connectivity index is 1.93. The van der Waals surface area contributed by atoms with E-state index in [2.05, 4.69) is 5.16 Å². The number of nitrogens with zero attached hydrogens (tertiary/aromatic N) is 1. The third kappa shape index (κ3) is 3.52. The molecule has 4 heteroatoms. The van der Waals surface area contributed by atoms with E-state index in [0.29, 0.717) is 22.3 Å². The Labute approximate surface area is 127 Å². The van der Waals surface area contributed by atoms with E-state index in [1.165, 1.54) is 0 Å². The van der Waals surface area contributed by atoms with E-state index in [0.717, 1.165) is 5.56 Å². The summed E-state index contributed by atoms with van der Waals surface area (Å²) in [6, 6.07) is 18.8. The van der Waals surface area contributed by atoms with Crippen LogP contribution in [0.4, 0.5) is 0 Å². The Bertz CT molecular complexity index is 719. The summed E-state index contributed by atoms with van der Waals surface area (Å²) < 4.78 is 11.1. The minimum Gasteiger partial charge on any atom is -0.453 e. The second-order valence-corrected chi connectivity index (χ2v) is 4.79. The first-order valence-electron chi connectivity index (χ1n) is 6.42. The van der Waals surface area contributed by atoms with Crippen molar-refractivity contribution in [3.05, 3.63) is 83.2 Å². The molecular formula is C17H12ClNO2. The van der Waals surface area contributed by atoms with Crippen molar-refractivity contribution in [3.63, 3.8) is 0 Å². The smallest absolute Gasteiger partial charge is 0.202 e. The number of benzene rings is 2. The molecule has 0 amide bonds. The summed E-state index contributed by atoms with van der Waals surface area (Å²) in [4.78, 5) is 0. The predicted octanol–water partition coefficient (Wildman–Crippen LogP) is 4.91. The highest BCUT2D eigenvalue weighted by Gasteiger charge is 2.09. The van der Waals surface area contributed by atoms with Crippen molar-refractivity contribution in [2.45, 2.75) is 0 Å². The fraction of sp³-hybridized carbons (Fsp3) is 0. The quantitative estimate of drug-likeness (QED) is 0.642. The van der Waals surface area contributed by atoms with Crippen LogP contribution in [0.1, 0.15) is 11.3 Å². The molecule has 21 heavy (non-hydrogen) atoms. The third-order valence-electron chi connectivity index (χ3n) is 2.82. The number of hydrogen-bond acceptors (Lipinski definition) is 3. The Morgan fingerprint density at radius 2 is 1.76 bits per heavy atom. The van der Waals surface area contributed by atoms with Gasteiger partial charge in [-0.1, -0.05) is 47.1 Å². The van der Waals surface area contributed by atoms with Gasteiger partial charge in [0.15, 0.2) is 5.76 Å². The van der Waals surface area contributed by atoms with Crippen molar-refractivity contribution >= 4 is 23.4 Å². The van der Waals surface area contributed by atoms with E-state index in [4.69, 9.17) is 20.9 Å². The van der Waals surface area contributed by atoms with Gasteiger partial charge in [-0.05, 0) is 35.9 Å². The van der Waals surface area contributed by atoms with Crippen molar-refractivity contribution in [3.8, 4) is 5.75 Å². The molecule has 0 saturated carbocycles. The summed E-state index contributed by atoms with van der Waals surface area (Å²) >= 11 is 5.88. The summed E-state index contributed by atoms with van der Waals surface area (Å²) in [6.45, 7) is 0. The van der Waals surface area contributed by atoms with Gasteiger partial charge in [0.25, 0.3) is 0 Å². The Morgan fingerprint density at radius 1 is 1.00 bits per heavy atom. The standard InChI is InChI=1S/C17H12ClNO2/c18-14-6-8-15(9-7-14)20-17(16-10-11-19-21-16)12-13-4-2-1-3-5-13/h1-12H/b17-12-. The summed E-state index contributed by atoms with van der Waals surface area (Å²) in [5, 5.41) is 4.39. The number of hydrogen-bond donors (Lipinski definition) is 0. The molecule has 0 aliphatic heterocycles. The zero-order valence-electron chi connectivity index (χ0n) is 11.1. The molecule has 1 aromatic heterocycles. The van der Waals surface area contributed by atoms with E-state index in [1.807, 2.05) is 36.4 Å². The molecule has 0 bridgehead atoms. The zero-order valence-corrected chi connectivity index (χ0v) is 11.8. The lowest BCUT2D eigenvalue weighted by molar-refractivity contribution is 0.386. The molecule has 0 aliphatic carbocycles. The first-order chi connectivity index (χ1) is 10.3. The molecule has 0 N–H and O–H groups in total. The fourth-order valence-electron chi connectivity index (χ4n) is 1.82. The molecule has 104 valence electrons. The molecule has 2 aromatic carbocycles. The van der Waals surface area contributed by atoms with Crippen LogP contribution in [0.25, 0.3) is 11.8 Å². The first kappa shape index (κ1) is 13.5. The SMILES string of the molecule is Clc1ccc(O/C(=C\c2ccccc2)c2ccno2)cc1. The molecule has 0 saturated heterocycles. The minimum atomic E-state index is 0.564. The Hall–Kier alpha value is -2.52. The van der Waals surface area contributed by atoms with Crippen molar-refractivity contribution in [2.75, 3.05) is 0 Å². The van der Waals surface area contributed by atoms with Crippen molar-refractivity contribution < 1.29 is 9.26 Å². The van der Waals surface area contributed by atoms with Gasteiger partial charge in [-0.25, -0.2) is 0 Å². The Morgan fingerprint density at radius 3 is 2.43 bits per heavy atom. The second kappa shape index (κ2) is 6.29. The molecule has 0 spiro atoms. The van der Waals surface area contributed by atoms with Gasteiger partial charge in [0.05, 0.1) is 6.20 Å². The zero-order chi connectivity index (χ0) is 14.5. The molecule has 0 unspecified atom stereocenters. The van der Waals surface area contributed by atoms with Gasteiger partial charge in [-0.3, -0.25) is 0 Å². The molecule has 0 fully saturated rings. The van der Waals surface area contributed by atoms with Crippen LogP contribution >= 0.6 is 11.6 Å². The second-order valence-electron chi connectivity index (χ2n) is 4.35. The van der Waals surface area contributed by atoms with Crippen LogP contribution in [0, 0.1) is 0 Å². The van der Waals surface area contributed by atoms with Crippen molar-refractivity contribution in [1.82, 2.24) is 5.16 Å². The molecule has 3 nitrogen and oxygen atoms in total. The molecule has 0 atom stereocenters. The summed E-state index contributed by atoms with van der Waals surface area (Å²) in [5.74, 6) is 1.83. The monoisotopic (exact) mass is 297 g/mol. The largest absolute Gasteiger partial charge is 0.453 e. The minimum absolute atomic E-state index is 0.564. The van der Waals surface area contributed by atoms with Gasteiger partial charge in [0.2, 0.25) is 5.76 Å². The number of halogens is 1. The molecule has 0 radical (unpaired) electrons. The average molecular weight is 298 g/mol. The lowest BCUT2D eigenvalue weighted by Crippen LogP contribution is -1.93. The van der Waals surface area contributed by atoms with Gasteiger partial charge >= 0.3 is 0 Å². The predicted molar refractivity (Wildman–Crippen MR) is 82.9 cm³/mol. The van der Waals surface area contributed by atoms with E-state index < -0.39 is 0 Å². The van der Waals surface area contributed by atoms with Gasteiger partial charge in [-0.2, -0.15) is 0 Å². The van der Waals surface area contributed by atoms with Gasteiger partial charge < -0.3 is 9.26 Å². The van der Waals surface area contributed by atoms with Gasteiger partial charge in [0.1, 0.15) is 5.75 Å². The van der Waals surface area contributed by atoms with Gasteiger partial charge in [-0.15, -0.1) is 0 Å². The number of ether oxygens (including phenoxy) is 1. The van der Waals surface area contributed by atoms with Crippen LogP contribution < -0.4 is 4.74 Å². The summed E-state index contributed by atoms with van der Waals surface area (Å²) in [6.07, 6.45) is 3.48. The number of aromatic nitrogens is 1. The normalized spacial score (nSPS) is 11.4. The lowest BCUT2D eigenvalue weighted by atomic mass is 10.2.